The van der Waals surface area contributed by atoms with E-state index < -0.39 is 21.0 Å². The summed E-state index contributed by atoms with van der Waals surface area (Å²) < 4.78 is 33.7. The Morgan fingerprint density at radius 2 is 1.84 bits per heavy atom. The maximum absolute atomic E-state index is 15.7. The van der Waals surface area contributed by atoms with Gasteiger partial charge >= 0.3 is 0 Å². The van der Waals surface area contributed by atoms with Crippen LogP contribution in [0.15, 0.2) is 70.0 Å². The van der Waals surface area contributed by atoms with Crippen molar-refractivity contribution >= 4 is 38.6 Å². The number of pyridine rings is 2. The molecule has 0 unspecified atom stereocenters. The highest BCUT2D eigenvalue weighted by Crippen LogP contribution is 2.56. The second-order valence-corrected chi connectivity index (χ2v) is 15.5. The summed E-state index contributed by atoms with van der Waals surface area (Å²) in [5.41, 5.74) is 4.35. The number of halogens is 2. The molecule has 1 N–H and O–H groups in total. The molecule has 2 heterocycles. The van der Waals surface area contributed by atoms with Gasteiger partial charge in [0.1, 0.15) is 5.02 Å². The zero-order chi connectivity index (χ0) is 31.6. The number of rotatable bonds is 7. The first kappa shape index (κ1) is 30.2. The van der Waals surface area contributed by atoms with Gasteiger partial charge in [-0.15, -0.1) is 0 Å². The third-order valence-corrected chi connectivity index (χ3v) is 9.59. The largest absolute Gasteiger partial charge is 0.323 e. The first-order chi connectivity index (χ1) is 20.8. The molecular weight excluding hydrogens is 599 g/mol. The Kier molecular flexibility index (Phi) is 7.53. The average molecular weight is 633 g/mol. The van der Waals surface area contributed by atoms with Gasteiger partial charge in [-0.3, -0.25) is 19.1 Å². The van der Waals surface area contributed by atoms with E-state index in [1.165, 1.54) is 6.07 Å². The van der Waals surface area contributed by atoms with Crippen LogP contribution < -0.4 is 10.9 Å². The van der Waals surface area contributed by atoms with Crippen molar-refractivity contribution in [3.63, 3.8) is 0 Å². The van der Waals surface area contributed by atoms with Gasteiger partial charge in [-0.25, -0.2) is 8.60 Å². The minimum atomic E-state index is -2.28. The van der Waals surface area contributed by atoms with Crippen molar-refractivity contribution in [2.45, 2.75) is 51.9 Å². The van der Waals surface area contributed by atoms with Crippen molar-refractivity contribution in [3.8, 4) is 16.9 Å². The fourth-order valence-corrected chi connectivity index (χ4v) is 6.59. The summed E-state index contributed by atoms with van der Waals surface area (Å²) in [6.07, 6.45) is 7.22. The van der Waals surface area contributed by atoms with Gasteiger partial charge in [0.15, 0.2) is 5.82 Å². The van der Waals surface area contributed by atoms with E-state index in [0.29, 0.717) is 22.8 Å². The van der Waals surface area contributed by atoms with Crippen molar-refractivity contribution in [3.05, 3.63) is 104 Å². The number of nitrogens with zero attached hydrogens (tertiary/aromatic N) is 3. The third kappa shape index (κ3) is 5.83. The lowest BCUT2D eigenvalue weighted by Crippen LogP contribution is -2.23. The first-order valence-electron chi connectivity index (χ1n) is 14.5. The highest BCUT2D eigenvalue weighted by molar-refractivity contribution is 7.92. The minimum Gasteiger partial charge on any atom is -0.323 e. The highest BCUT2D eigenvalue weighted by Gasteiger charge is 2.45. The predicted octanol–water partition coefficient (Wildman–Crippen LogP) is 7.68. The predicted molar refractivity (Wildman–Crippen MR) is 174 cm³/mol. The molecule has 2 saturated carbocycles. The Balaban J connectivity index is 1.32. The van der Waals surface area contributed by atoms with E-state index in [1.807, 2.05) is 51.1 Å². The second kappa shape index (κ2) is 11.0. The van der Waals surface area contributed by atoms with Gasteiger partial charge in [0.2, 0.25) is 5.91 Å². The van der Waals surface area contributed by atoms with E-state index in [0.717, 1.165) is 36.0 Å². The minimum absolute atomic E-state index is 0.0745. The molecule has 2 aromatic carbocycles. The summed E-state index contributed by atoms with van der Waals surface area (Å²) >= 11 is 6.77. The molecule has 2 aliphatic rings. The van der Waals surface area contributed by atoms with Crippen molar-refractivity contribution < 1.29 is 13.4 Å². The molecule has 44 heavy (non-hydrogen) atoms. The molecule has 7 nitrogen and oxygen atoms in total. The molecule has 2 aromatic heterocycles. The molecule has 0 bridgehead atoms. The average Bonchev–Trinajstić information content (AvgIpc) is 3.89. The molecule has 0 aliphatic heterocycles. The molecule has 228 valence electrons. The third-order valence-electron chi connectivity index (χ3n) is 8.56. The number of anilines is 1. The highest BCUT2D eigenvalue weighted by atomic mass is 35.5. The molecule has 0 saturated heterocycles. The fourth-order valence-electron chi connectivity index (χ4n) is 5.69. The Hall–Kier alpha value is -3.82. The van der Waals surface area contributed by atoms with E-state index >= 15 is 4.39 Å². The number of hydrogen-bond acceptors (Lipinski definition) is 5. The van der Waals surface area contributed by atoms with Crippen molar-refractivity contribution in [2.24, 2.45) is 9.78 Å². The fraction of sp³-hybridized carbons (Fsp3) is 0.324. The van der Waals surface area contributed by atoms with Crippen molar-refractivity contribution in [1.29, 1.82) is 0 Å². The molecule has 2 aliphatic carbocycles. The van der Waals surface area contributed by atoms with Crippen LogP contribution in [0.1, 0.15) is 60.4 Å². The molecule has 0 spiro atoms. The molecule has 0 radical (unpaired) electrons. The summed E-state index contributed by atoms with van der Waals surface area (Å²) in [6, 6.07) is 16.2. The Morgan fingerprint density at radius 1 is 1.11 bits per heavy atom. The van der Waals surface area contributed by atoms with Crippen LogP contribution in [0.3, 0.4) is 0 Å². The number of carbonyl (C=O) groups is 1. The zero-order valence-corrected chi connectivity index (χ0v) is 26.9. The maximum Gasteiger partial charge on any atom is 0.274 e. The number of amides is 1. The van der Waals surface area contributed by atoms with Gasteiger partial charge in [-0.1, -0.05) is 36.7 Å². The van der Waals surface area contributed by atoms with Crippen LogP contribution in [0.25, 0.3) is 16.9 Å². The van der Waals surface area contributed by atoms with Crippen LogP contribution in [0.2, 0.25) is 5.02 Å². The lowest BCUT2D eigenvalue weighted by atomic mass is 10.0. The molecule has 2 atom stereocenters. The molecule has 2 fully saturated rings. The lowest BCUT2D eigenvalue weighted by Gasteiger charge is -2.17. The van der Waals surface area contributed by atoms with Gasteiger partial charge < -0.3 is 5.32 Å². The van der Waals surface area contributed by atoms with E-state index in [9.17, 15) is 13.8 Å². The molecule has 6 rings (SSSR count). The number of aryl methyl sites for hydroxylation is 2. The smallest absolute Gasteiger partial charge is 0.274 e. The van der Waals surface area contributed by atoms with Crippen LogP contribution in [0.4, 0.5) is 15.8 Å². The first-order valence-corrected chi connectivity index (χ1v) is 17.2. The summed E-state index contributed by atoms with van der Waals surface area (Å²) in [5, 5.41) is 2.87. The summed E-state index contributed by atoms with van der Waals surface area (Å²) in [6.45, 7) is 5.55. The van der Waals surface area contributed by atoms with Gasteiger partial charge in [-0.05, 0) is 98.0 Å². The van der Waals surface area contributed by atoms with Gasteiger partial charge in [-0.2, -0.15) is 4.36 Å². The van der Waals surface area contributed by atoms with E-state index in [2.05, 4.69) is 14.7 Å². The SMILES string of the molecule is Cc1cnc(-c2cccc(NC(=O)C3(C)CC3)c2F)cc1-n1c(C)cc([C@H]2C[C@@H]2c2cccc(N=S(C)(C)=O)c2)c(Cl)c1=O. The summed E-state index contributed by atoms with van der Waals surface area (Å²) in [5.74, 6) is -0.530. The number of hydrogen-bond donors (Lipinski definition) is 1. The van der Waals surface area contributed by atoms with Gasteiger partial charge in [0, 0.05) is 45.1 Å². The number of nitrogens with one attached hydrogen (secondary N) is 1. The van der Waals surface area contributed by atoms with Crippen molar-refractivity contribution in [1.82, 2.24) is 9.55 Å². The molecule has 4 aromatic rings. The van der Waals surface area contributed by atoms with Crippen LogP contribution in [-0.2, 0) is 14.5 Å². The summed E-state index contributed by atoms with van der Waals surface area (Å²) in [7, 11) is -2.28. The van der Waals surface area contributed by atoms with Crippen molar-refractivity contribution in [2.75, 3.05) is 17.8 Å². The zero-order valence-electron chi connectivity index (χ0n) is 25.3. The normalized spacial score (nSPS) is 18.5. The Morgan fingerprint density at radius 3 is 2.55 bits per heavy atom. The van der Waals surface area contributed by atoms with Crippen LogP contribution >= 0.6 is 11.6 Å². The number of carbonyl (C=O) groups excluding carboxylic acids is 1. The van der Waals surface area contributed by atoms with E-state index in [-0.39, 0.29) is 39.6 Å². The second-order valence-electron chi connectivity index (χ2n) is 12.5. The molecular formula is C34H34ClFN4O3S. The van der Waals surface area contributed by atoms with Crippen LogP contribution in [0.5, 0.6) is 0 Å². The summed E-state index contributed by atoms with van der Waals surface area (Å²) in [4.78, 5) is 30.8. The lowest BCUT2D eigenvalue weighted by molar-refractivity contribution is -0.120. The quantitative estimate of drug-likeness (QED) is 0.226. The van der Waals surface area contributed by atoms with Gasteiger partial charge in [0.25, 0.3) is 5.56 Å². The van der Waals surface area contributed by atoms with E-state index in [4.69, 9.17) is 11.6 Å². The maximum atomic E-state index is 15.7. The standard InChI is InChI=1S/C34H34ClFN4O3S/c1-19-18-37-28(23-10-7-11-27(31(23)36)38-33(42)34(3)12-13-34)17-29(19)40-20(2)14-26(30(35)32(40)41)25-16-24(25)21-8-6-9-22(15-21)39-44(4,5)43/h6-11,14-15,17-18,24-25H,12-13,16H2,1-5H3,(H,38,42)/t24-,25+/m1/s1. The van der Waals surface area contributed by atoms with Crippen LogP contribution in [-0.4, -0.2) is 32.2 Å². The molecule has 1 amide bonds. The Bertz CT molecular complexity index is 2020. The molecule has 10 heteroatoms. The van der Waals surface area contributed by atoms with Crippen LogP contribution in [0, 0.1) is 25.1 Å². The monoisotopic (exact) mass is 632 g/mol. The number of aromatic nitrogens is 2. The van der Waals surface area contributed by atoms with Gasteiger partial charge in [0.05, 0.1) is 22.8 Å². The topological polar surface area (TPSA) is 93.4 Å². The van der Waals surface area contributed by atoms with E-state index in [1.54, 1.807) is 41.5 Å². The Labute approximate surface area is 261 Å². The number of benzene rings is 2.